The van der Waals surface area contributed by atoms with Crippen molar-refractivity contribution in [2.45, 2.75) is 20.3 Å². The molecule has 0 unspecified atom stereocenters. The van der Waals surface area contributed by atoms with E-state index >= 15 is 0 Å². The van der Waals surface area contributed by atoms with Crippen LogP contribution in [0.5, 0.6) is 0 Å². The largest absolute Gasteiger partial charge is 0.466 e. The number of benzene rings is 1. The topological polar surface area (TPSA) is 30.2 Å². The van der Waals surface area contributed by atoms with Gasteiger partial charge in [0.05, 0.1) is 5.56 Å². The van der Waals surface area contributed by atoms with Crippen LogP contribution >= 0.6 is 0 Å². The number of ketones is 1. The zero-order chi connectivity index (χ0) is 12.4. The van der Waals surface area contributed by atoms with Crippen LogP contribution in [0.3, 0.4) is 0 Å². The maximum Gasteiger partial charge on any atom is 0.170 e. The lowest BCUT2D eigenvalue weighted by atomic mass is 10.0. The minimum atomic E-state index is -0.348. The lowest BCUT2D eigenvalue weighted by Crippen LogP contribution is -2.05. The number of carbonyl (C=O) groups excluding carboxylic acids is 1. The summed E-state index contributed by atoms with van der Waals surface area (Å²) in [5.41, 5.74) is 0.946. The first kappa shape index (κ1) is 11.6. The Morgan fingerprint density at radius 1 is 1.29 bits per heavy atom. The molecule has 3 heteroatoms. The second kappa shape index (κ2) is 4.53. The van der Waals surface area contributed by atoms with Crippen LogP contribution in [0.1, 0.15) is 27.4 Å². The summed E-state index contributed by atoms with van der Waals surface area (Å²) in [6, 6.07) is 8.00. The summed E-state index contributed by atoms with van der Waals surface area (Å²) in [6.07, 6.45) is 0.0620. The third kappa shape index (κ3) is 2.44. The molecule has 1 aromatic heterocycles. The van der Waals surface area contributed by atoms with Crippen molar-refractivity contribution in [1.29, 1.82) is 0 Å². The predicted molar refractivity (Wildman–Crippen MR) is 62.6 cm³/mol. The van der Waals surface area contributed by atoms with Gasteiger partial charge in [-0.15, -0.1) is 0 Å². The molecule has 17 heavy (non-hydrogen) atoms. The van der Waals surface area contributed by atoms with Crippen molar-refractivity contribution in [2.75, 3.05) is 0 Å². The van der Waals surface area contributed by atoms with Crippen LogP contribution in [0, 0.1) is 19.7 Å². The fraction of sp³-hybridized carbons (Fsp3) is 0.214. The van der Waals surface area contributed by atoms with Crippen molar-refractivity contribution in [3.63, 3.8) is 0 Å². The maximum atomic E-state index is 13.4. The van der Waals surface area contributed by atoms with Crippen LogP contribution in [0.25, 0.3) is 0 Å². The van der Waals surface area contributed by atoms with Gasteiger partial charge in [-0.25, -0.2) is 4.39 Å². The molecule has 1 heterocycles. The Balaban J connectivity index is 2.23. The highest BCUT2D eigenvalue weighted by atomic mass is 19.1. The SMILES string of the molecule is Cc1cc(C(=O)Cc2ccccc2F)c(C)o1. The highest BCUT2D eigenvalue weighted by Gasteiger charge is 2.15. The zero-order valence-corrected chi connectivity index (χ0v) is 9.79. The van der Waals surface area contributed by atoms with Crippen LogP contribution in [0.2, 0.25) is 0 Å². The number of halogens is 1. The number of furan rings is 1. The molecule has 0 aliphatic carbocycles. The van der Waals surface area contributed by atoms with Gasteiger partial charge in [0.2, 0.25) is 0 Å². The first-order chi connectivity index (χ1) is 8.08. The van der Waals surface area contributed by atoms with Gasteiger partial charge in [-0.05, 0) is 31.5 Å². The normalized spacial score (nSPS) is 10.5. The summed E-state index contributed by atoms with van der Waals surface area (Å²) in [4.78, 5) is 12.0. The number of aryl methyl sites for hydroxylation is 2. The third-order valence-corrected chi connectivity index (χ3v) is 2.65. The minimum absolute atomic E-state index is 0.0620. The molecule has 0 aliphatic heterocycles. The zero-order valence-electron chi connectivity index (χ0n) is 9.79. The summed E-state index contributed by atoms with van der Waals surface area (Å²) in [7, 11) is 0. The van der Waals surface area contributed by atoms with Crippen LogP contribution in [0.15, 0.2) is 34.7 Å². The number of rotatable bonds is 3. The molecule has 0 saturated heterocycles. The van der Waals surface area contributed by atoms with Gasteiger partial charge >= 0.3 is 0 Å². The second-order valence-electron chi connectivity index (χ2n) is 4.02. The summed E-state index contributed by atoms with van der Waals surface area (Å²) in [5, 5.41) is 0. The fourth-order valence-electron chi connectivity index (χ4n) is 1.82. The van der Waals surface area contributed by atoms with E-state index in [-0.39, 0.29) is 18.0 Å². The highest BCUT2D eigenvalue weighted by molar-refractivity contribution is 5.98. The summed E-state index contributed by atoms with van der Waals surface area (Å²) in [6.45, 7) is 3.52. The highest BCUT2D eigenvalue weighted by Crippen LogP contribution is 2.17. The molecule has 2 nitrogen and oxygen atoms in total. The van der Waals surface area contributed by atoms with Crippen LogP contribution in [0.4, 0.5) is 4.39 Å². The second-order valence-corrected chi connectivity index (χ2v) is 4.02. The Kier molecular flexibility index (Phi) is 3.09. The average molecular weight is 232 g/mol. The summed E-state index contributed by atoms with van der Waals surface area (Å²) >= 11 is 0. The van der Waals surface area contributed by atoms with Crippen molar-refractivity contribution in [1.82, 2.24) is 0 Å². The van der Waals surface area contributed by atoms with Crippen molar-refractivity contribution in [3.05, 3.63) is 58.8 Å². The van der Waals surface area contributed by atoms with E-state index in [1.165, 1.54) is 6.07 Å². The maximum absolute atomic E-state index is 13.4. The van der Waals surface area contributed by atoms with Gasteiger partial charge in [-0.2, -0.15) is 0 Å². The molecule has 88 valence electrons. The molecule has 0 saturated carbocycles. The molecular weight excluding hydrogens is 219 g/mol. The van der Waals surface area contributed by atoms with Crippen molar-refractivity contribution in [3.8, 4) is 0 Å². The van der Waals surface area contributed by atoms with Gasteiger partial charge in [-0.3, -0.25) is 4.79 Å². The van der Waals surface area contributed by atoms with Crippen LogP contribution < -0.4 is 0 Å². The van der Waals surface area contributed by atoms with E-state index in [0.717, 1.165) is 0 Å². The molecule has 0 aliphatic rings. The van der Waals surface area contributed by atoms with Gasteiger partial charge in [0.25, 0.3) is 0 Å². The number of hydrogen-bond acceptors (Lipinski definition) is 2. The van der Waals surface area contributed by atoms with E-state index in [9.17, 15) is 9.18 Å². The molecule has 0 spiro atoms. The predicted octanol–water partition coefficient (Wildman–Crippen LogP) is 3.46. The van der Waals surface area contributed by atoms with Crippen LogP contribution in [-0.2, 0) is 6.42 Å². The first-order valence-corrected chi connectivity index (χ1v) is 5.41. The van der Waals surface area contributed by atoms with E-state index in [2.05, 4.69) is 0 Å². The summed E-state index contributed by atoms with van der Waals surface area (Å²) < 4.78 is 18.7. The Morgan fingerprint density at radius 3 is 2.59 bits per heavy atom. The van der Waals surface area contributed by atoms with E-state index in [1.807, 2.05) is 0 Å². The smallest absolute Gasteiger partial charge is 0.170 e. The standard InChI is InChI=1S/C14H13FO2/c1-9-7-12(10(2)17-9)14(16)8-11-5-3-4-6-13(11)15/h3-7H,8H2,1-2H3. The molecule has 0 bridgehead atoms. The summed E-state index contributed by atoms with van der Waals surface area (Å²) in [5.74, 6) is 0.811. The lowest BCUT2D eigenvalue weighted by Gasteiger charge is -2.01. The monoisotopic (exact) mass is 232 g/mol. The number of Topliss-reactive ketones (excluding diaryl/α,β-unsaturated/α-hetero) is 1. The van der Waals surface area contributed by atoms with Crippen molar-refractivity contribution >= 4 is 5.78 Å². The van der Waals surface area contributed by atoms with Gasteiger partial charge < -0.3 is 4.42 Å². The molecular formula is C14H13FO2. The molecule has 1 aromatic carbocycles. The molecule has 2 rings (SSSR count). The van der Waals surface area contributed by atoms with Crippen molar-refractivity contribution < 1.29 is 13.6 Å². The molecule has 0 fully saturated rings. The van der Waals surface area contributed by atoms with Gasteiger partial charge in [0, 0.05) is 6.42 Å². The quantitative estimate of drug-likeness (QED) is 0.758. The van der Waals surface area contributed by atoms with E-state index in [0.29, 0.717) is 22.6 Å². The Bertz CT molecular complexity index is 555. The minimum Gasteiger partial charge on any atom is -0.466 e. The van der Waals surface area contributed by atoms with Gasteiger partial charge in [0.1, 0.15) is 17.3 Å². The third-order valence-electron chi connectivity index (χ3n) is 2.65. The van der Waals surface area contributed by atoms with Gasteiger partial charge in [0.15, 0.2) is 5.78 Å². The molecule has 2 aromatic rings. The lowest BCUT2D eigenvalue weighted by molar-refractivity contribution is 0.0990. The van der Waals surface area contributed by atoms with Crippen molar-refractivity contribution in [2.24, 2.45) is 0 Å². The number of carbonyl (C=O) groups is 1. The number of hydrogen-bond donors (Lipinski definition) is 0. The van der Waals surface area contributed by atoms with E-state index in [1.54, 1.807) is 38.1 Å². The first-order valence-electron chi connectivity index (χ1n) is 5.41. The van der Waals surface area contributed by atoms with Crippen LogP contribution in [-0.4, -0.2) is 5.78 Å². The molecule has 0 amide bonds. The Hall–Kier alpha value is -1.90. The average Bonchev–Trinajstić information content (AvgIpc) is 2.61. The van der Waals surface area contributed by atoms with Gasteiger partial charge in [-0.1, -0.05) is 18.2 Å². The molecule has 0 radical (unpaired) electrons. The van der Waals surface area contributed by atoms with E-state index < -0.39 is 0 Å². The molecule has 0 N–H and O–H groups in total. The Labute approximate surface area is 99.1 Å². The Morgan fingerprint density at radius 2 is 2.00 bits per heavy atom. The molecule has 0 atom stereocenters. The fourth-order valence-corrected chi connectivity index (χ4v) is 1.82. The van der Waals surface area contributed by atoms with E-state index in [4.69, 9.17) is 4.42 Å².